The Labute approximate surface area is 204 Å². The number of rotatable bonds is 14. The van der Waals surface area contributed by atoms with E-state index < -0.39 is 28.3 Å². The zero-order valence-electron chi connectivity index (χ0n) is 20.4. The number of carbonyl (C=O) groups is 1. The summed E-state index contributed by atoms with van der Waals surface area (Å²) in [4.78, 5) is 12.5. The van der Waals surface area contributed by atoms with Crippen LogP contribution in [0, 0.1) is 5.92 Å². The number of benzene rings is 2. The molecule has 0 fully saturated rings. The third kappa shape index (κ3) is 9.83. The van der Waals surface area contributed by atoms with Crippen molar-refractivity contribution in [3.8, 4) is 0 Å². The molecule has 0 saturated carbocycles. The number of alkyl carbamates (subject to hydrolysis) is 1. The fraction of sp³-hybridized carbons (Fsp3) is 0.500. The normalized spacial score (nSPS) is 13.6. The van der Waals surface area contributed by atoms with Gasteiger partial charge in [-0.05, 0) is 36.3 Å². The number of aliphatic hydroxyl groups excluding tert-OH is 1. The molecule has 0 heterocycles. The van der Waals surface area contributed by atoms with Gasteiger partial charge in [0.2, 0.25) is 10.0 Å². The summed E-state index contributed by atoms with van der Waals surface area (Å²) in [6.45, 7) is 6.22. The quantitative estimate of drug-likeness (QED) is 0.418. The first-order chi connectivity index (χ1) is 16.2. The molecule has 34 heavy (non-hydrogen) atoms. The Morgan fingerprint density at radius 3 is 2.18 bits per heavy atom. The van der Waals surface area contributed by atoms with Crippen molar-refractivity contribution in [2.75, 3.05) is 18.8 Å². The Bertz CT molecular complexity index is 952. The number of hydrogen-bond acceptors (Lipinski definition) is 5. The van der Waals surface area contributed by atoms with Gasteiger partial charge in [0.25, 0.3) is 0 Å². The zero-order valence-corrected chi connectivity index (χ0v) is 21.2. The van der Waals surface area contributed by atoms with Crippen molar-refractivity contribution in [1.82, 2.24) is 9.62 Å². The Balaban J connectivity index is 2.13. The van der Waals surface area contributed by atoms with Gasteiger partial charge in [-0.1, -0.05) is 81.4 Å². The lowest BCUT2D eigenvalue weighted by atomic mass is 10.0. The number of aliphatic hydroxyl groups is 1. The van der Waals surface area contributed by atoms with Gasteiger partial charge in [0.1, 0.15) is 6.61 Å². The van der Waals surface area contributed by atoms with Crippen molar-refractivity contribution in [3.05, 3.63) is 71.8 Å². The average molecular weight is 491 g/mol. The van der Waals surface area contributed by atoms with Gasteiger partial charge in [-0.15, -0.1) is 0 Å². The molecule has 0 aromatic heterocycles. The summed E-state index contributed by atoms with van der Waals surface area (Å²) < 4.78 is 32.4. The van der Waals surface area contributed by atoms with Gasteiger partial charge in [0.05, 0.1) is 17.9 Å². The lowest BCUT2D eigenvalue weighted by Crippen LogP contribution is -2.51. The highest BCUT2D eigenvalue weighted by atomic mass is 32.2. The Kier molecular flexibility index (Phi) is 11.5. The second kappa shape index (κ2) is 14.1. The SMILES string of the molecule is CCCS(=O)(=O)N(CCC(C)C)C[C@@H](O)[C@H](Cc1ccccc1)NC(=O)OCc1ccccc1. The average Bonchev–Trinajstić information content (AvgIpc) is 2.81. The van der Waals surface area contributed by atoms with E-state index in [1.54, 1.807) is 0 Å². The second-order valence-corrected chi connectivity index (χ2v) is 11.0. The topological polar surface area (TPSA) is 95.9 Å². The van der Waals surface area contributed by atoms with Crippen LogP contribution in [-0.4, -0.2) is 54.9 Å². The molecule has 0 saturated heterocycles. The number of ether oxygens (including phenoxy) is 1. The minimum atomic E-state index is -3.51. The molecule has 0 aliphatic carbocycles. The molecule has 2 rings (SSSR count). The van der Waals surface area contributed by atoms with Crippen molar-refractivity contribution in [1.29, 1.82) is 0 Å². The molecule has 2 atom stereocenters. The van der Waals surface area contributed by atoms with E-state index in [4.69, 9.17) is 4.74 Å². The van der Waals surface area contributed by atoms with E-state index in [1.165, 1.54) is 4.31 Å². The van der Waals surface area contributed by atoms with Crippen molar-refractivity contribution in [2.24, 2.45) is 5.92 Å². The van der Waals surface area contributed by atoms with Crippen LogP contribution < -0.4 is 5.32 Å². The molecule has 2 N–H and O–H groups in total. The smallest absolute Gasteiger partial charge is 0.407 e. The molecule has 1 amide bonds. The fourth-order valence-electron chi connectivity index (χ4n) is 3.54. The number of hydrogen-bond donors (Lipinski definition) is 2. The van der Waals surface area contributed by atoms with Crippen LogP contribution in [0.25, 0.3) is 0 Å². The summed E-state index contributed by atoms with van der Waals surface area (Å²) in [5, 5.41) is 13.9. The largest absolute Gasteiger partial charge is 0.445 e. The molecule has 0 unspecified atom stereocenters. The second-order valence-electron chi connectivity index (χ2n) is 8.93. The summed E-state index contributed by atoms with van der Waals surface area (Å²) in [5.74, 6) is 0.343. The molecule has 2 aromatic rings. The van der Waals surface area contributed by atoms with Gasteiger partial charge >= 0.3 is 6.09 Å². The lowest BCUT2D eigenvalue weighted by molar-refractivity contribution is 0.0883. The minimum Gasteiger partial charge on any atom is -0.445 e. The predicted octanol–water partition coefficient (Wildman–Crippen LogP) is 3.97. The van der Waals surface area contributed by atoms with E-state index in [2.05, 4.69) is 5.32 Å². The van der Waals surface area contributed by atoms with Gasteiger partial charge < -0.3 is 15.2 Å². The summed E-state index contributed by atoms with van der Waals surface area (Å²) in [7, 11) is -3.51. The first kappa shape index (κ1) is 27.8. The minimum absolute atomic E-state index is 0.0215. The molecule has 8 heteroatoms. The highest BCUT2D eigenvalue weighted by molar-refractivity contribution is 7.89. The highest BCUT2D eigenvalue weighted by Gasteiger charge is 2.29. The maximum absolute atomic E-state index is 12.8. The van der Waals surface area contributed by atoms with E-state index in [0.29, 0.717) is 31.7 Å². The van der Waals surface area contributed by atoms with E-state index in [1.807, 2.05) is 81.4 Å². The molecule has 0 aliphatic rings. The number of nitrogens with zero attached hydrogens (tertiary/aromatic N) is 1. The first-order valence-electron chi connectivity index (χ1n) is 11.9. The van der Waals surface area contributed by atoms with Crippen molar-refractivity contribution in [3.63, 3.8) is 0 Å². The third-order valence-corrected chi connectivity index (χ3v) is 7.52. The Morgan fingerprint density at radius 2 is 1.62 bits per heavy atom. The molecule has 0 aliphatic heterocycles. The van der Waals surface area contributed by atoms with Crippen molar-refractivity contribution < 1.29 is 23.1 Å². The van der Waals surface area contributed by atoms with Crippen molar-refractivity contribution >= 4 is 16.1 Å². The predicted molar refractivity (Wildman–Crippen MR) is 135 cm³/mol. The first-order valence-corrected chi connectivity index (χ1v) is 13.5. The lowest BCUT2D eigenvalue weighted by Gasteiger charge is -2.30. The van der Waals surface area contributed by atoms with Crippen LogP contribution in [0.4, 0.5) is 4.79 Å². The van der Waals surface area contributed by atoms with Crippen LogP contribution in [-0.2, 0) is 27.8 Å². The standard InChI is InChI=1S/C26H38N2O5S/c1-4-17-34(31,32)28(16-15-21(2)3)19-25(29)24(18-22-11-7-5-8-12-22)27-26(30)33-20-23-13-9-6-10-14-23/h5-14,21,24-25,29H,4,15-20H2,1-3H3,(H,27,30)/t24-,25+/m0/s1. The molecule has 0 radical (unpaired) electrons. The Hall–Kier alpha value is -2.42. The number of carbonyl (C=O) groups excluding carboxylic acids is 1. The molecule has 0 bridgehead atoms. The number of nitrogens with one attached hydrogen (secondary N) is 1. The summed E-state index contributed by atoms with van der Waals surface area (Å²) in [6, 6.07) is 18.1. The summed E-state index contributed by atoms with van der Waals surface area (Å²) in [5.41, 5.74) is 1.77. The molecule has 7 nitrogen and oxygen atoms in total. The molecule has 188 valence electrons. The molecular weight excluding hydrogens is 452 g/mol. The van der Waals surface area contributed by atoms with E-state index in [-0.39, 0.29) is 18.9 Å². The van der Waals surface area contributed by atoms with Crippen LogP contribution in [0.5, 0.6) is 0 Å². The van der Waals surface area contributed by atoms with E-state index in [9.17, 15) is 18.3 Å². The van der Waals surface area contributed by atoms with Crippen LogP contribution >= 0.6 is 0 Å². The van der Waals surface area contributed by atoms with Gasteiger partial charge in [-0.25, -0.2) is 13.2 Å². The maximum atomic E-state index is 12.8. The highest BCUT2D eigenvalue weighted by Crippen LogP contribution is 2.14. The van der Waals surface area contributed by atoms with Crippen LogP contribution in [0.2, 0.25) is 0 Å². The summed E-state index contributed by atoms with van der Waals surface area (Å²) in [6.07, 6.45) is -0.245. The van der Waals surface area contributed by atoms with Gasteiger partial charge in [0.15, 0.2) is 0 Å². The number of sulfonamides is 1. The van der Waals surface area contributed by atoms with E-state index >= 15 is 0 Å². The summed E-state index contributed by atoms with van der Waals surface area (Å²) >= 11 is 0. The van der Waals surface area contributed by atoms with Crippen LogP contribution in [0.15, 0.2) is 60.7 Å². The van der Waals surface area contributed by atoms with Crippen molar-refractivity contribution in [2.45, 2.75) is 58.8 Å². The van der Waals surface area contributed by atoms with Crippen LogP contribution in [0.3, 0.4) is 0 Å². The maximum Gasteiger partial charge on any atom is 0.407 e. The molecule has 0 spiro atoms. The number of amides is 1. The Morgan fingerprint density at radius 1 is 1.03 bits per heavy atom. The zero-order chi connectivity index (χ0) is 25.0. The molecule has 2 aromatic carbocycles. The van der Waals surface area contributed by atoms with Crippen LogP contribution in [0.1, 0.15) is 44.7 Å². The third-order valence-electron chi connectivity index (χ3n) is 5.48. The fourth-order valence-corrected chi connectivity index (χ4v) is 5.07. The van der Waals surface area contributed by atoms with E-state index in [0.717, 1.165) is 11.1 Å². The molecular formula is C26H38N2O5S. The monoisotopic (exact) mass is 490 g/mol. The van der Waals surface area contributed by atoms with Gasteiger partial charge in [-0.3, -0.25) is 0 Å². The van der Waals surface area contributed by atoms with Gasteiger partial charge in [0, 0.05) is 13.1 Å². The van der Waals surface area contributed by atoms with Gasteiger partial charge in [-0.2, -0.15) is 4.31 Å².